The second-order valence-corrected chi connectivity index (χ2v) is 6.78. The first-order chi connectivity index (χ1) is 14.3. The van der Waals surface area contributed by atoms with E-state index >= 15 is 0 Å². The number of nitro benzene ring substituents is 2. The Bertz CT molecular complexity index is 1090. The van der Waals surface area contributed by atoms with Crippen molar-refractivity contribution in [3.8, 4) is 0 Å². The number of halogens is 2. The van der Waals surface area contributed by atoms with Crippen LogP contribution in [0.1, 0.15) is 11.1 Å². The van der Waals surface area contributed by atoms with E-state index in [2.05, 4.69) is 9.98 Å². The van der Waals surface area contributed by atoms with Crippen molar-refractivity contribution in [2.45, 2.75) is 0 Å². The summed E-state index contributed by atoms with van der Waals surface area (Å²) in [7, 11) is 0. The zero-order chi connectivity index (χ0) is 21.7. The molecule has 0 saturated carbocycles. The Morgan fingerprint density at radius 3 is 1.37 bits per heavy atom. The molecule has 0 spiro atoms. The second kappa shape index (κ2) is 9.25. The predicted octanol–water partition coefficient (Wildman–Crippen LogP) is 6.31. The van der Waals surface area contributed by atoms with E-state index in [9.17, 15) is 20.2 Å². The summed E-state index contributed by atoms with van der Waals surface area (Å²) in [6, 6.07) is 15.1. The molecular formula is C20H12Cl2N4O4. The van der Waals surface area contributed by atoms with Crippen molar-refractivity contribution in [2.24, 2.45) is 9.98 Å². The Morgan fingerprint density at radius 1 is 0.667 bits per heavy atom. The highest BCUT2D eigenvalue weighted by atomic mass is 35.5. The van der Waals surface area contributed by atoms with E-state index in [-0.39, 0.29) is 22.7 Å². The van der Waals surface area contributed by atoms with Gasteiger partial charge in [-0.15, -0.1) is 0 Å². The van der Waals surface area contributed by atoms with Gasteiger partial charge < -0.3 is 0 Å². The summed E-state index contributed by atoms with van der Waals surface area (Å²) < 4.78 is 0. The van der Waals surface area contributed by atoms with Gasteiger partial charge in [0, 0.05) is 36.7 Å². The molecular weight excluding hydrogens is 431 g/mol. The maximum Gasteiger partial charge on any atom is 0.271 e. The van der Waals surface area contributed by atoms with Crippen molar-refractivity contribution >= 4 is 58.4 Å². The molecule has 0 radical (unpaired) electrons. The van der Waals surface area contributed by atoms with Gasteiger partial charge in [0.15, 0.2) is 0 Å². The fraction of sp³-hybridized carbons (Fsp3) is 0. The van der Waals surface area contributed by atoms with Crippen LogP contribution in [0.15, 0.2) is 70.6 Å². The van der Waals surface area contributed by atoms with Crippen LogP contribution in [-0.4, -0.2) is 22.3 Å². The fourth-order valence-electron chi connectivity index (χ4n) is 2.38. The van der Waals surface area contributed by atoms with Crippen LogP contribution in [0, 0.1) is 20.2 Å². The lowest BCUT2D eigenvalue weighted by atomic mass is 10.1. The van der Waals surface area contributed by atoms with E-state index in [1.54, 1.807) is 24.3 Å². The van der Waals surface area contributed by atoms with Gasteiger partial charge in [-0.3, -0.25) is 30.2 Å². The summed E-state index contributed by atoms with van der Waals surface area (Å²) in [5, 5.41) is 22.3. The van der Waals surface area contributed by atoms with Crippen LogP contribution < -0.4 is 0 Å². The number of hydrogen-bond donors (Lipinski definition) is 0. The third-order valence-corrected chi connectivity index (χ3v) is 4.56. The molecule has 0 aromatic heterocycles. The molecule has 3 aromatic rings. The largest absolute Gasteiger partial charge is 0.271 e. The number of nitrogens with zero attached hydrogens (tertiary/aromatic N) is 4. The van der Waals surface area contributed by atoms with Crippen molar-refractivity contribution < 1.29 is 9.85 Å². The van der Waals surface area contributed by atoms with Crippen LogP contribution >= 0.6 is 23.2 Å². The van der Waals surface area contributed by atoms with E-state index in [4.69, 9.17) is 23.2 Å². The smallest absolute Gasteiger partial charge is 0.258 e. The molecule has 0 atom stereocenters. The molecule has 0 bridgehead atoms. The third-order valence-electron chi connectivity index (χ3n) is 3.92. The Kier molecular flexibility index (Phi) is 6.51. The first-order valence-electron chi connectivity index (χ1n) is 8.39. The summed E-state index contributed by atoms with van der Waals surface area (Å²) in [6.07, 6.45) is 3.06. The molecule has 30 heavy (non-hydrogen) atoms. The monoisotopic (exact) mass is 442 g/mol. The standard InChI is InChI=1S/C20H12Cl2N4O4/c21-17-7-5-15(25(27)28)9-19(17)23-11-13-1-2-14(4-3-13)12-24-20-10-16(26(29)30)6-8-18(20)22/h1-12H. The van der Waals surface area contributed by atoms with E-state index in [0.717, 1.165) is 11.1 Å². The number of benzene rings is 3. The second-order valence-electron chi connectivity index (χ2n) is 5.97. The van der Waals surface area contributed by atoms with Crippen LogP contribution in [0.2, 0.25) is 10.0 Å². The molecule has 8 nitrogen and oxygen atoms in total. The molecule has 0 heterocycles. The molecule has 3 aromatic carbocycles. The molecule has 0 aliphatic rings. The Hall–Kier alpha value is -3.62. The Morgan fingerprint density at radius 2 is 1.03 bits per heavy atom. The maximum absolute atomic E-state index is 10.9. The fourth-order valence-corrected chi connectivity index (χ4v) is 2.72. The zero-order valence-electron chi connectivity index (χ0n) is 15.1. The Labute approximate surface area is 180 Å². The summed E-state index contributed by atoms with van der Waals surface area (Å²) in [5.74, 6) is 0. The van der Waals surface area contributed by atoms with Crippen molar-refractivity contribution in [1.29, 1.82) is 0 Å². The molecule has 0 amide bonds. The topological polar surface area (TPSA) is 111 Å². The highest BCUT2D eigenvalue weighted by molar-refractivity contribution is 6.33. The van der Waals surface area contributed by atoms with Gasteiger partial charge in [-0.05, 0) is 23.3 Å². The average molecular weight is 443 g/mol. The quantitative estimate of drug-likeness (QED) is 0.252. The molecule has 150 valence electrons. The van der Waals surface area contributed by atoms with Gasteiger partial charge in [-0.25, -0.2) is 0 Å². The summed E-state index contributed by atoms with van der Waals surface area (Å²) in [5.41, 5.74) is 1.86. The SMILES string of the molecule is O=[N+]([O-])c1ccc(Cl)c(N=Cc2ccc(C=Nc3cc([N+](=O)[O-])ccc3Cl)cc2)c1. The number of nitro groups is 2. The van der Waals surface area contributed by atoms with Crippen molar-refractivity contribution in [1.82, 2.24) is 0 Å². The lowest BCUT2D eigenvalue weighted by Gasteiger charge is -2.00. The molecule has 0 fully saturated rings. The maximum atomic E-state index is 10.9. The van der Waals surface area contributed by atoms with Gasteiger partial charge in [0.1, 0.15) is 0 Å². The van der Waals surface area contributed by atoms with Crippen LogP contribution in [0.25, 0.3) is 0 Å². The number of hydrogen-bond acceptors (Lipinski definition) is 6. The summed E-state index contributed by atoms with van der Waals surface area (Å²) in [6.45, 7) is 0. The minimum absolute atomic E-state index is 0.0991. The van der Waals surface area contributed by atoms with E-state index in [1.807, 2.05) is 0 Å². The lowest BCUT2D eigenvalue weighted by Crippen LogP contribution is -1.88. The predicted molar refractivity (Wildman–Crippen MR) is 117 cm³/mol. The van der Waals surface area contributed by atoms with Gasteiger partial charge in [0.05, 0.1) is 31.3 Å². The number of non-ortho nitro benzene ring substituents is 2. The first-order valence-corrected chi connectivity index (χ1v) is 9.15. The number of rotatable bonds is 6. The normalized spacial score (nSPS) is 11.3. The van der Waals surface area contributed by atoms with E-state index < -0.39 is 9.85 Å². The number of aliphatic imine (C=N–C) groups is 2. The highest BCUT2D eigenvalue weighted by Gasteiger charge is 2.09. The molecule has 0 N–H and O–H groups in total. The lowest BCUT2D eigenvalue weighted by molar-refractivity contribution is -0.385. The summed E-state index contributed by atoms with van der Waals surface area (Å²) >= 11 is 12.1. The van der Waals surface area contributed by atoms with Crippen LogP contribution in [-0.2, 0) is 0 Å². The van der Waals surface area contributed by atoms with Gasteiger partial charge in [0.25, 0.3) is 11.4 Å². The Balaban J connectivity index is 1.76. The minimum atomic E-state index is -0.517. The molecule has 0 aliphatic heterocycles. The van der Waals surface area contributed by atoms with Crippen LogP contribution in [0.5, 0.6) is 0 Å². The average Bonchev–Trinajstić information content (AvgIpc) is 2.73. The van der Waals surface area contributed by atoms with Crippen LogP contribution in [0.4, 0.5) is 22.7 Å². The molecule has 10 heteroatoms. The van der Waals surface area contributed by atoms with Crippen molar-refractivity contribution in [3.63, 3.8) is 0 Å². The van der Waals surface area contributed by atoms with Crippen LogP contribution in [0.3, 0.4) is 0 Å². The minimum Gasteiger partial charge on any atom is -0.258 e. The molecule has 0 saturated heterocycles. The molecule has 0 aliphatic carbocycles. The van der Waals surface area contributed by atoms with E-state index in [1.165, 1.54) is 48.8 Å². The van der Waals surface area contributed by atoms with E-state index in [0.29, 0.717) is 10.0 Å². The first kappa shape index (κ1) is 21.1. The zero-order valence-corrected chi connectivity index (χ0v) is 16.6. The third kappa shape index (κ3) is 5.25. The molecule has 0 unspecified atom stereocenters. The molecule has 3 rings (SSSR count). The van der Waals surface area contributed by atoms with Gasteiger partial charge >= 0.3 is 0 Å². The van der Waals surface area contributed by atoms with Gasteiger partial charge in [0.2, 0.25) is 0 Å². The van der Waals surface area contributed by atoms with Crippen molar-refractivity contribution in [2.75, 3.05) is 0 Å². The van der Waals surface area contributed by atoms with Crippen molar-refractivity contribution in [3.05, 3.63) is 102 Å². The van der Waals surface area contributed by atoms with Gasteiger partial charge in [-0.2, -0.15) is 0 Å². The summed E-state index contributed by atoms with van der Waals surface area (Å²) in [4.78, 5) is 29.1. The van der Waals surface area contributed by atoms with Gasteiger partial charge in [-0.1, -0.05) is 47.5 Å². The highest BCUT2D eigenvalue weighted by Crippen LogP contribution is 2.30.